The topological polar surface area (TPSA) is 64.0 Å². The Morgan fingerprint density at radius 1 is 1.33 bits per heavy atom. The van der Waals surface area contributed by atoms with Crippen LogP contribution in [0.1, 0.15) is 30.2 Å². The van der Waals surface area contributed by atoms with Gasteiger partial charge in [0.05, 0.1) is 5.69 Å². The number of benzene rings is 1. The Morgan fingerprint density at radius 3 is 2.83 bits per heavy atom. The number of amides is 1. The summed E-state index contributed by atoms with van der Waals surface area (Å²) in [5, 5.41) is 7.37. The van der Waals surface area contributed by atoms with Gasteiger partial charge in [0.25, 0.3) is 5.56 Å². The molecule has 1 heterocycles. The predicted molar refractivity (Wildman–Crippen MR) is 93.5 cm³/mol. The van der Waals surface area contributed by atoms with Gasteiger partial charge < -0.3 is 5.32 Å². The lowest BCUT2D eigenvalue weighted by Crippen LogP contribution is -2.40. The average molecular weight is 323 g/mol. The molecular formula is C19H21N3O2. The van der Waals surface area contributed by atoms with Gasteiger partial charge in [-0.3, -0.25) is 9.59 Å². The van der Waals surface area contributed by atoms with E-state index >= 15 is 0 Å². The van der Waals surface area contributed by atoms with Crippen LogP contribution in [0.15, 0.2) is 46.8 Å². The van der Waals surface area contributed by atoms with Crippen molar-refractivity contribution >= 4 is 12.0 Å². The summed E-state index contributed by atoms with van der Waals surface area (Å²) < 4.78 is 1.37. The highest BCUT2D eigenvalue weighted by atomic mass is 16.1. The van der Waals surface area contributed by atoms with E-state index in [1.165, 1.54) is 4.68 Å². The zero-order valence-corrected chi connectivity index (χ0v) is 14.0. The van der Waals surface area contributed by atoms with Crippen molar-refractivity contribution < 1.29 is 4.79 Å². The molecule has 3 rings (SSSR count). The van der Waals surface area contributed by atoms with E-state index in [1.54, 1.807) is 13.1 Å². The Kier molecular flexibility index (Phi) is 4.60. The summed E-state index contributed by atoms with van der Waals surface area (Å²) in [6.45, 7) is 1.82. The molecule has 1 aliphatic rings. The molecule has 2 aromatic rings. The summed E-state index contributed by atoms with van der Waals surface area (Å²) in [4.78, 5) is 24.1. The third-order valence-corrected chi connectivity index (χ3v) is 4.33. The molecule has 1 aromatic carbocycles. The van der Waals surface area contributed by atoms with Crippen LogP contribution in [0.4, 0.5) is 0 Å². The number of nitrogens with one attached hydrogen (secondary N) is 1. The molecule has 1 atom stereocenters. The van der Waals surface area contributed by atoms with Crippen molar-refractivity contribution in [1.82, 2.24) is 15.1 Å². The van der Waals surface area contributed by atoms with E-state index in [2.05, 4.69) is 10.4 Å². The second-order valence-electron chi connectivity index (χ2n) is 6.23. The maximum atomic E-state index is 12.4. The normalized spacial score (nSPS) is 17.2. The first-order valence-electron chi connectivity index (χ1n) is 8.13. The summed E-state index contributed by atoms with van der Waals surface area (Å²) in [5.41, 5.74) is 3.47. The lowest BCUT2D eigenvalue weighted by molar-refractivity contribution is -0.118. The molecule has 0 bridgehead atoms. The zero-order chi connectivity index (χ0) is 17.1. The second-order valence-corrected chi connectivity index (χ2v) is 6.23. The summed E-state index contributed by atoms with van der Waals surface area (Å²) in [6.07, 6.45) is 4.14. The number of fused-ring (bicyclic) bond motifs is 1. The van der Waals surface area contributed by atoms with E-state index < -0.39 is 0 Å². The molecule has 0 saturated heterocycles. The van der Waals surface area contributed by atoms with E-state index in [4.69, 9.17) is 0 Å². The van der Waals surface area contributed by atoms with Crippen LogP contribution in [0, 0.1) is 0 Å². The van der Waals surface area contributed by atoms with Gasteiger partial charge in [-0.2, -0.15) is 5.10 Å². The molecule has 0 spiro atoms. The molecule has 1 amide bonds. The Bertz CT molecular complexity index is 837. The van der Waals surface area contributed by atoms with Crippen LogP contribution in [-0.2, 0) is 24.7 Å². The minimum atomic E-state index is -0.110. The first-order valence-corrected chi connectivity index (χ1v) is 8.13. The first-order chi connectivity index (χ1) is 11.5. The lowest BCUT2D eigenvalue weighted by Gasteiger charge is -2.25. The maximum Gasteiger partial charge on any atom is 0.266 e. The van der Waals surface area contributed by atoms with Gasteiger partial charge in [0.15, 0.2) is 0 Å². The monoisotopic (exact) mass is 323 g/mol. The van der Waals surface area contributed by atoms with Crippen molar-refractivity contribution in [3.05, 3.63) is 69.1 Å². The summed E-state index contributed by atoms with van der Waals surface area (Å²) in [5.74, 6) is -0.0657. The van der Waals surface area contributed by atoms with Crippen molar-refractivity contribution in [3.8, 4) is 0 Å². The molecule has 1 N–H and O–H groups in total. The number of carbonyl (C=O) groups excluding carboxylic acids is 1. The van der Waals surface area contributed by atoms with Crippen LogP contribution >= 0.6 is 0 Å². The van der Waals surface area contributed by atoms with E-state index in [1.807, 2.05) is 43.3 Å². The number of hydrogen-bond donors (Lipinski definition) is 1. The zero-order valence-electron chi connectivity index (χ0n) is 14.0. The van der Waals surface area contributed by atoms with E-state index in [0.717, 1.165) is 29.7 Å². The first kappa shape index (κ1) is 16.2. The van der Waals surface area contributed by atoms with Gasteiger partial charge >= 0.3 is 0 Å². The fourth-order valence-corrected chi connectivity index (χ4v) is 2.97. The SMILES string of the molecule is C/C(=C\c1ccccc1)C(=O)NC1CCc2nn(C)c(=O)cc2C1. The van der Waals surface area contributed by atoms with Crippen molar-refractivity contribution in [3.63, 3.8) is 0 Å². The molecule has 0 aliphatic heterocycles. The van der Waals surface area contributed by atoms with Crippen LogP contribution in [-0.4, -0.2) is 21.7 Å². The Hall–Kier alpha value is -2.69. The van der Waals surface area contributed by atoms with Gasteiger partial charge in [0.1, 0.15) is 0 Å². The van der Waals surface area contributed by atoms with Crippen LogP contribution in [0.25, 0.3) is 6.08 Å². The predicted octanol–water partition coefficient (Wildman–Crippen LogP) is 1.86. The van der Waals surface area contributed by atoms with E-state index in [0.29, 0.717) is 12.0 Å². The Morgan fingerprint density at radius 2 is 2.08 bits per heavy atom. The minimum Gasteiger partial charge on any atom is -0.349 e. The van der Waals surface area contributed by atoms with E-state index in [-0.39, 0.29) is 17.5 Å². The molecule has 1 aliphatic carbocycles. The molecule has 1 aromatic heterocycles. The molecule has 24 heavy (non-hydrogen) atoms. The second kappa shape index (κ2) is 6.83. The van der Waals surface area contributed by atoms with Crippen LogP contribution in [0.2, 0.25) is 0 Å². The summed E-state index contributed by atoms with van der Waals surface area (Å²) >= 11 is 0. The largest absolute Gasteiger partial charge is 0.349 e. The molecule has 0 saturated carbocycles. The molecule has 5 heteroatoms. The minimum absolute atomic E-state index is 0.0398. The van der Waals surface area contributed by atoms with Crippen molar-refractivity contribution in [2.75, 3.05) is 0 Å². The number of aryl methyl sites for hydroxylation is 2. The Labute approximate surface area is 141 Å². The molecule has 0 fully saturated rings. The summed E-state index contributed by atoms with van der Waals surface area (Å²) in [7, 11) is 1.66. The van der Waals surface area contributed by atoms with Crippen molar-refractivity contribution in [2.24, 2.45) is 7.05 Å². The van der Waals surface area contributed by atoms with Crippen LogP contribution in [0.5, 0.6) is 0 Å². The fourth-order valence-electron chi connectivity index (χ4n) is 2.97. The van der Waals surface area contributed by atoms with Gasteiger partial charge in [0.2, 0.25) is 5.91 Å². The maximum absolute atomic E-state index is 12.4. The van der Waals surface area contributed by atoms with Crippen molar-refractivity contribution in [1.29, 1.82) is 0 Å². The van der Waals surface area contributed by atoms with Gasteiger partial charge in [0, 0.05) is 24.7 Å². The molecule has 0 radical (unpaired) electrons. The lowest BCUT2D eigenvalue weighted by atomic mass is 9.92. The van der Waals surface area contributed by atoms with E-state index in [9.17, 15) is 9.59 Å². The number of carbonyl (C=O) groups is 1. The molecular weight excluding hydrogens is 302 g/mol. The molecule has 124 valence electrons. The third kappa shape index (κ3) is 3.62. The van der Waals surface area contributed by atoms with Crippen LogP contribution in [0.3, 0.4) is 0 Å². The average Bonchev–Trinajstić information content (AvgIpc) is 2.57. The van der Waals surface area contributed by atoms with Crippen LogP contribution < -0.4 is 10.9 Å². The van der Waals surface area contributed by atoms with Gasteiger partial charge in [-0.25, -0.2) is 4.68 Å². The standard InChI is InChI=1S/C19H21N3O2/c1-13(10-14-6-4-3-5-7-14)19(24)20-16-8-9-17-15(11-16)12-18(23)22(2)21-17/h3-7,10,12,16H,8-9,11H2,1-2H3,(H,20,24)/b13-10+. The number of nitrogens with zero attached hydrogens (tertiary/aromatic N) is 2. The quantitative estimate of drug-likeness (QED) is 0.877. The molecule has 1 unspecified atom stereocenters. The highest BCUT2D eigenvalue weighted by Crippen LogP contribution is 2.18. The number of rotatable bonds is 3. The van der Waals surface area contributed by atoms with Crippen molar-refractivity contribution in [2.45, 2.75) is 32.2 Å². The van der Waals surface area contributed by atoms with Gasteiger partial charge in [-0.1, -0.05) is 30.3 Å². The van der Waals surface area contributed by atoms with Gasteiger partial charge in [-0.15, -0.1) is 0 Å². The Balaban J connectivity index is 1.68. The number of aromatic nitrogens is 2. The molecule has 5 nitrogen and oxygen atoms in total. The van der Waals surface area contributed by atoms with Gasteiger partial charge in [-0.05, 0) is 43.4 Å². The third-order valence-electron chi connectivity index (χ3n) is 4.33. The highest BCUT2D eigenvalue weighted by molar-refractivity contribution is 5.97. The number of hydrogen-bond acceptors (Lipinski definition) is 3. The summed E-state index contributed by atoms with van der Waals surface area (Å²) in [6, 6.07) is 11.4. The fraction of sp³-hybridized carbons (Fsp3) is 0.316. The smallest absolute Gasteiger partial charge is 0.266 e. The highest BCUT2D eigenvalue weighted by Gasteiger charge is 2.22.